The molecule has 2 rings (SSSR count). The van der Waals surface area contributed by atoms with E-state index in [1.807, 2.05) is 0 Å². The van der Waals surface area contributed by atoms with Crippen LogP contribution in [0.3, 0.4) is 0 Å². The maximum atomic E-state index is 2.61. The van der Waals surface area contributed by atoms with Gasteiger partial charge in [-0.25, -0.2) is 0 Å². The minimum atomic E-state index is 0.524. The molecule has 0 heteroatoms. The number of hydrogen-bond acceptors (Lipinski definition) is 0. The Morgan fingerprint density at radius 1 is 0.708 bits per heavy atom. The van der Waals surface area contributed by atoms with Crippen molar-refractivity contribution >= 4 is 0 Å². The van der Waals surface area contributed by atoms with Gasteiger partial charge in [0.25, 0.3) is 0 Å². The van der Waals surface area contributed by atoms with Crippen LogP contribution in [0, 0.1) is 34.5 Å². The van der Waals surface area contributed by atoms with E-state index < -0.39 is 0 Å². The summed E-state index contributed by atoms with van der Waals surface area (Å²) in [6, 6.07) is 0. The van der Waals surface area contributed by atoms with Gasteiger partial charge in [-0.15, -0.1) is 0 Å². The van der Waals surface area contributed by atoms with Crippen molar-refractivity contribution in [1.29, 1.82) is 0 Å². The van der Waals surface area contributed by atoms with Gasteiger partial charge >= 0.3 is 0 Å². The van der Waals surface area contributed by atoms with Gasteiger partial charge in [-0.05, 0) is 66.6 Å². The first kappa shape index (κ1) is 20.3. The molecule has 0 spiro atoms. The van der Waals surface area contributed by atoms with Gasteiger partial charge in [0.15, 0.2) is 0 Å². The molecular formula is C24H46. The Kier molecular flexibility index (Phi) is 7.27. The van der Waals surface area contributed by atoms with Crippen LogP contribution in [0.1, 0.15) is 119 Å². The fraction of sp³-hybridized carbons (Fsp3) is 1.00. The SMILES string of the molecule is CCC(CC(C)C(C)(C)C1CCCCC1)C(C)(C)C1CCCCC1. The summed E-state index contributed by atoms with van der Waals surface area (Å²) in [5.41, 5.74) is 1.06. The predicted octanol–water partition coefficient (Wildman–Crippen LogP) is 8.25. The van der Waals surface area contributed by atoms with Crippen LogP contribution in [0.4, 0.5) is 0 Å². The molecule has 2 unspecified atom stereocenters. The van der Waals surface area contributed by atoms with Gasteiger partial charge in [-0.3, -0.25) is 0 Å². The minimum Gasteiger partial charge on any atom is -0.0651 e. The molecule has 0 aromatic rings. The lowest BCUT2D eigenvalue weighted by Gasteiger charge is -2.47. The van der Waals surface area contributed by atoms with Crippen molar-refractivity contribution in [3.8, 4) is 0 Å². The number of hydrogen-bond donors (Lipinski definition) is 0. The molecule has 0 amide bonds. The molecule has 2 fully saturated rings. The van der Waals surface area contributed by atoms with Crippen LogP contribution in [0.25, 0.3) is 0 Å². The minimum absolute atomic E-state index is 0.524. The van der Waals surface area contributed by atoms with E-state index in [0.29, 0.717) is 10.8 Å². The summed E-state index contributed by atoms with van der Waals surface area (Å²) in [6.45, 7) is 15.4. The highest BCUT2D eigenvalue weighted by atomic mass is 14.5. The van der Waals surface area contributed by atoms with E-state index in [1.54, 1.807) is 0 Å². The maximum Gasteiger partial charge on any atom is -0.0298 e. The first-order valence-corrected chi connectivity index (χ1v) is 11.3. The van der Waals surface area contributed by atoms with Crippen molar-refractivity contribution in [3.05, 3.63) is 0 Å². The fourth-order valence-corrected chi connectivity index (χ4v) is 6.16. The molecule has 0 aromatic carbocycles. The number of rotatable bonds is 7. The highest BCUT2D eigenvalue weighted by Gasteiger charge is 2.41. The highest BCUT2D eigenvalue weighted by molar-refractivity contribution is 4.91. The van der Waals surface area contributed by atoms with Crippen LogP contribution in [0.5, 0.6) is 0 Å². The molecule has 24 heavy (non-hydrogen) atoms. The third kappa shape index (κ3) is 4.59. The average molecular weight is 335 g/mol. The summed E-state index contributed by atoms with van der Waals surface area (Å²) in [5, 5.41) is 0. The van der Waals surface area contributed by atoms with Gasteiger partial charge in [-0.1, -0.05) is 86.5 Å². The van der Waals surface area contributed by atoms with Gasteiger partial charge in [0, 0.05) is 0 Å². The summed E-state index contributed by atoms with van der Waals surface area (Å²) < 4.78 is 0. The summed E-state index contributed by atoms with van der Waals surface area (Å²) in [6.07, 6.45) is 17.6. The van der Waals surface area contributed by atoms with Crippen LogP contribution in [-0.2, 0) is 0 Å². The highest BCUT2D eigenvalue weighted by Crippen LogP contribution is 2.51. The van der Waals surface area contributed by atoms with Crippen molar-refractivity contribution in [2.75, 3.05) is 0 Å². The standard InChI is InChI=1S/C24H46/c1-7-20(24(5,6)22-16-12-9-13-17-22)18-19(2)23(3,4)21-14-10-8-11-15-21/h19-22H,7-18H2,1-6H3. The van der Waals surface area contributed by atoms with Crippen molar-refractivity contribution in [1.82, 2.24) is 0 Å². The lowest BCUT2D eigenvalue weighted by Crippen LogP contribution is -2.38. The first-order valence-electron chi connectivity index (χ1n) is 11.3. The molecule has 2 saturated carbocycles. The quantitative estimate of drug-likeness (QED) is 0.439. The van der Waals surface area contributed by atoms with Crippen LogP contribution >= 0.6 is 0 Å². The van der Waals surface area contributed by atoms with Crippen LogP contribution in [0.15, 0.2) is 0 Å². The molecule has 0 aromatic heterocycles. The molecule has 0 radical (unpaired) electrons. The van der Waals surface area contributed by atoms with Crippen molar-refractivity contribution in [3.63, 3.8) is 0 Å². The summed E-state index contributed by atoms with van der Waals surface area (Å²) in [4.78, 5) is 0. The van der Waals surface area contributed by atoms with Gasteiger partial charge < -0.3 is 0 Å². The van der Waals surface area contributed by atoms with Crippen LogP contribution in [-0.4, -0.2) is 0 Å². The summed E-state index contributed by atoms with van der Waals surface area (Å²) in [5.74, 6) is 3.70. The Balaban J connectivity index is 2.01. The molecule has 2 atom stereocenters. The Hall–Kier alpha value is 0. The molecule has 0 N–H and O–H groups in total. The molecule has 0 bridgehead atoms. The normalized spacial score (nSPS) is 24.8. The second-order valence-electron chi connectivity index (χ2n) is 10.6. The third-order valence-electron chi connectivity index (χ3n) is 8.77. The van der Waals surface area contributed by atoms with E-state index in [2.05, 4.69) is 41.5 Å². The molecule has 0 saturated heterocycles. The largest absolute Gasteiger partial charge is 0.0651 e. The smallest absolute Gasteiger partial charge is 0.0298 e. The van der Waals surface area contributed by atoms with E-state index in [0.717, 1.165) is 23.7 Å². The summed E-state index contributed by atoms with van der Waals surface area (Å²) in [7, 11) is 0. The van der Waals surface area contributed by atoms with Crippen molar-refractivity contribution in [2.24, 2.45) is 34.5 Å². The lowest BCUT2D eigenvalue weighted by molar-refractivity contribution is 0.0241. The van der Waals surface area contributed by atoms with Gasteiger partial charge in [-0.2, -0.15) is 0 Å². The first-order chi connectivity index (χ1) is 11.3. The van der Waals surface area contributed by atoms with E-state index in [1.165, 1.54) is 77.0 Å². The molecule has 0 aliphatic heterocycles. The summed E-state index contributed by atoms with van der Waals surface area (Å²) >= 11 is 0. The van der Waals surface area contributed by atoms with Crippen LogP contribution < -0.4 is 0 Å². The molecular weight excluding hydrogens is 288 g/mol. The predicted molar refractivity (Wildman–Crippen MR) is 108 cm³/mol. The fourth-order valence-electron chi connectivity index (χ4n) is 6.16. The van der Waals surface area contributed by atoms with E-state index >= 15 is 0 Å². The van der Waals surface area contributed by atoms with Crippen molar-refractivity contribution in [2.45, 2.75) is 119 Å². The van der Waals surface area contributed by atoms with Gasteiger partial charge in [0.2, 0.25) is 0 Å². The second kappa shape index (κ2) is 8.59. The Morgan fingerprint density at radius 3 is 1.54 bits per heavy atom. The maximum absolute atomic E-state index is 2.61. The van der Waals surface area contributed by atoms with Crippen LogP contribution in [0.2, 0.25) is 0 Å². The van der Waals surface area contributed by atoms with Crippen molar-refractivity contribution < 1.29 is 0 Å². The Bertz CT molecular complexity index is 352. The molecule has 0 nitrogen and oxygen atoms in total. The molecule has 2 aliphatic carbocycles. The van der Waals surface area contributed by atoms with Gasteiger partial charge in [0.05, 0.1) is 0 Å². The molecule has 2 aliphatic rings. The average Bonchev–Trinajstić information content (AvgIpc) is 2.60. The second-order valence-corrected chi connectivity index (χ2v) is 10.6. The lowest BCUT2D eigenvalue weighted by atomic mass is 9.58. The monoisotopic (exact) mass is 334 g/mol. The van der Waals surface area contributed by atoms with Gasteiger partial charge in [0.1, 0.15) is 0 Å². The molecule has 0 heterocycles. The topological polar surface area (TPSA) is 0 Å². The van der Waals surface area contributed by atoms with E-state index in [-0.39, 0.29) is 0 Å². The third-order valence-corrected chi connectivity index (χ3v) is 8.77. The molecule has 142 valence electrons. The zero-order chi connectivity index (χ0) is 17.8. The zero-order valence-corrected chi connectivity index (χ0v) is 17.8. The Morgan fingerprint density at radius 2 is 1.12 bits per heavy atom. The zero-order valence-electron chi connectivity index (χ0n) is 17.8. The van der Waals surface area contributed by atoms with E-state index in [4.69, 9.17) is 0 Å². The van der Waals surface area contributed by atoms with E-state index in [9.17, 15) is 0 Å². The Labute approximate surface area is 153 Å².